The van der Waals surface area contributed by atoms with Gasteiger partial charge in [0.25, 0.3) is 0 Å². The topological polar surface area (TPSA) is 46.5 Å². The van der Waals surface area contributed by atoms with Gasteiger partial charge in [0.05, 0.1) is 0 Å². The van der Waals surface area contributed by atoms with E-state index in [0.29, 0.717) is 0 Å². The molecule has 3 heteroatoms. The summed E-state index contributed by atoms with van der Waals surface area (Å²) in [6.07, 6.45) is 0. The Labute approximate surface area is 118 Å². The van der Waals surface area contributed by atoms with E-state index in [9.17, 15) is 9.90 Å². The highest BCUT2D eigenvalue weighted by molar-refractivity contribution is 5.76. The molecule has 104 valence electrons. The molecule has 0 aliphatic rings. The highest BCUT2D eigenvalue weighted by atomic mass is 16.5. The molecule has 0 heterocycles. The maximum atomic E-state index is 11.4. The van der Waals surface area contributed by atoms with Gasteiger partial charge in [-0.15, -0.1) is 0 Å². The van der Waals surface area contributed by atoms with Gasteiger partial charge in [-0.2, -0.15) is 0 Å². The smallest absolute Gasteiger partial charge is 0.314 e. The van der Waals surface area contributed by atoms with Crippen molar-refractivity contribution in [1.29, 1.82) is 0 Å². The fraction of sp³-hybridized carbons (Fsp3) is 0.235. The molecule has 0 radical (unpaired) electrons. The normalized spacial score (nSPS) is 11.9. The first-order valence-electron chi connectivity index (χ1n) is 6.56. The first kappa shape index (κ1) is 14.1. The lowest BCUT2D eigenvalue weighted by molar-refractivity contribution is -0.139. The summed E-state index contributed by atoms with van der Waals surface area (Å²) < 4.78 is 5.71. The molecule has 0 saturated carbocycles. The van der Waals surface area contributed by atoms with Crippen molar-refractivity contribution in [2.24, 2.45) is 0 Å². The quantitative estimate of drug-likeness (QED) is 0.903. The second-order valence-electron chi connectivity index (χ2n) is 4.81. The van der Waals surface area contributed by atoms with Crippen LogP contribution in [0.3, 0.4) is 0 Å². The van der Waals surface area contributed by atoms with Crippen LogP contribution in [-0.2, 0) is 4.79 Å². The molecule has 20 heavy (non-hydrogen) atoms. The van der Waals surface area contributed by atoms with Crippen LogP contribution in [0.5, 0.6) is 5.75 Å². The van der Waals surface area contributed by atoms with Crippen molar-refractivity contribution >= 4 is 5.97 Å². The number of hydrogen-bond acceptors (Lipinski definition) is 2. The van der Waals surface area contributed by atoms with Gasteiger partial charge in [0, 0.05) is 0 Å². The monoisotopic (exact) mass is 270 g/mol. The number of carboxylic acids is 1. The summed E-state index contributed by atoms with van der Waals surface area (Å²) in [5.41, 5.74) is 2.93. The minimum Gasteiger partial charge on any atom is -0.492 e. The van der Waals surface area contributed by atoms with E-state index in [2.05, 4.69) is 0 Å². The first-order valence-corrected chi connectivity index (χ1v) is 6.56. The van der Waals surface area contributed by atoms with E-state index in [-0.39, 0.29) is 6.61 Å². The van der Waals surface area contributed by atoms with Gasteiger partial charge in [0.2, 0.25) is 0 Å². The molecule has 2 rings (SSSR count). The third-order valence-electron chi connectivity index (χ3n) is 3.46. The summed E-state index contributed by atoms with van der Waals surface area (Å²) >= 11 is 0. The van der Waals surface area contributed by atoms with E-state index in [4.69, 9.17) is 4.74 Å². The largest absolute Gasteiger partial charge is 0.492 e. The molecule has 1 unspecified atom stereocenters. The summed E-state index contributed by atoms with van der Waals surface area (Å²) in [7, 11) is 0. The minimum atomic E-state index is -0.874. The van der Waals surface area contributed by atoms with Gasteiger partial charge in [0.1, 0.15) is 18.3 Å². The van der Waals surface area contributed by atoms with Crippen molar-refractivity contribution in [2.45, 2.75) is 19.8 Å². The Kier molecular flexibility index (Phi) is 4.41. The molecule has 0 bridgehead atoms. The summed E-state index contributed by atoms with van der Waals surface area (Å²) in [6.45, 7) is 4.11. The number of rotatable bonds is 5. The van der Waals surface area contributed by atoms with Crippen molar-refractivity contribution in [3.05, 3.63) is 65.2 Å². The van der Waals surface area contributed by atoms with Crippen LogP contribution in [0.15, 0.2) is 48.5 Å². The van der Waals surface area contributed by atoms with Crippen molar-refractivity contribution < 1.29 is 14.6 Å². The molecule has 2 aromatic carbocycles. The molecule has 0 aliphatic carbocycles. The second kappa shape index (κ2) is 6.24. The lowest BCUT2D eigenvalue weighted by atomic mass is 10.0. The first-order chi connectivity index (χ1) is 9.59. The Balaban J connectivity index is 2.14. The van der Waals surface area contributed by atoms with Crippen LogP contribution >= 0.6 is 0 Å². The zero-order valence-corrected chi connectivity index (χ0v) is 11.7. The number of hydrogen-bond donors (Lipinski definition) is 1. The molecule has 0 amide bonds. The molecule has 1 N–H and O–H groups in total. The molecule has 3 nitrogen and oxygen atoms in total. The average Bonchev–Trinajstić information content (AvgIpc) is 2.44. The SMILES string of the molecule is Cc1cccc(OCC(C(=O)O)c2ccccc2)c1C. The van der Waals surface area contributed by atoms with Gasteiger partial charge < -0.3 is 9.84 Å². The Morgan fingerprint density at radius 1 is 1.10 bits per heavy atom. The van der Waals surface area contributed by atoms with Crippen molar-refractivity contribution in [1.82, 2.24) is 0 Å². The number of carboxylic acid groups (broad SMARTS) is 1. The van der Waals surface area contributed by atoms with Crippen LogP contribution in [0, 0.1) is 13.8 Å². The highest BCUT2D eigenvalue weighted by Gasteiger charge is 2.20. The van der Waals surface area contributed by atoms with E-state index in [1.165, 1.54) is 0 Å². The highest BCUT2D eigenvalue weighted by Crippen LogP contribution is 2.23. The van der Waals surface area contributed by atoms with Gasteiger partial charge in [-0.3, -0.25) is 4.79 Å². The summed E-state index contributed by atoms with van der Waals surface area (Å²) in [5, 5.41) is 9.35. The lowest BCUT2D eigenvalue weighted by Gasteiger charge is -2.16. The Bertz CT molecular complexity index is 590. The van der Waals surface area contributed by atoms with Crippen LogP contribution in [-0.4, -0.2) is 17.7 Å². The van der Waals surface area contributed by atoms with Crippen LogP contribution in [0.25, 0.3) is 0 Å². The molecule has 0 spiro atoms. The second-order valence-corrected chi connectivity index (χ2v) is 4.81. The van der Waals surface area contributed by atoms with Crippen molar-refractivity contribution in [3.63, 3.8) is 0 Å². The number of benzene rings is 2. The maximum absolute atomic E-state index is 11.4. The number of carbonyl (C=O) groups is 1. The van der Waals surface area contributed by atoms with E-state index in [1.807, 2.05) is 62.4 Å². The minimum absolute atomic E-state index is 0.129. The van der Waals surface area contributed by atoms with Gasteiger partial charge in [-0.25, -0.2) is 0 Å². The average molecular weight is 270 g/mol. The molecule has 0 fully saturated rings. The molecule has 0 aliphatic heterocycles. The van der Waals surface area contributed by atoms with E-state index in [1.54, 1.807) is 0 Å². The van der Waals surface area contributed by atoms with Crippen LogP contribution in [0.4, 0.5) is 0 Å². The number of ether oxygens (including phenoxy) is 1. The van der Waals surface area contributed by atoms with Crippen LogP contribution < -0.4 is 4.74 Å². The Morgan fingerprint density at radius 3 is 2.45 bits per heavy atom. The molecular formula is C17H18O3. The number of aryl methyl sites for hydroxylation is 1. The van der Waals surface area contributed by atoms with E-state index < -0.39 is 11.9 Å². The number of aliphatic carboxylic acids is 1. The van der Waals surface area contributed by atoms with Gasteiger partial charge in [0.15, 0.2) is 0 Å². The van der Waals surface area contributed by atoms with Crippen LogP contribution in [0.2, 0.25) is 0 Å². The zero-order valence-electron chi connectivity index (χ0n) is 11.7. The third-order valence-corrected chi connectivity index (χ3v) is 3.46. The maximum Gasteiger partial charge on any atom is 0.314 e. The fourth-order valence-electron chi connectivity index (χ4n) is 2.05. The van der Waals surface area contributed by atoms with Gasteiger partial charge >= 0.3 is 5.97 Å². The summed E-state index contributed by atoms with van der Waals surface area (Å²) in [6, 6.07) is 15.0. The Morgan fingerprint density at radius 2 is 1.80 bits per heavy atom. The standard InChI is InChI=1S/C17H18O3/c1-12-7-6-10-16(13(12)2)20-11-15(17(18)19)14-8-4-3-5-9-14/h3-10,15H,11H2,1-2H3,(H,18,19). The van der Waals surface area contributed by atoms with E-state index >= 15 is 0 Å². The lowest BCUT2D eigenvalue weighted by Crippen LogP contribution is -2.19. The van der Waals surface area contributed by atoms with Gasteiger partial charge in [-0.05, 0) is 36.6 Å². The fourth-order valence-corrected chi connectivity index (χ4v) is 2.05. The summed E-state index contributed by atoms with van der Waals surface area (Å²) in [4.78, 5) is 11.4. The third kappa shape index (κ3) is 3.18. The van der Waals surface area contributed by atoms with E-state index in [0.717, 1.165) is 22.4 Å². The zero-order chi connectivity index (χ0) is 14.5. The van der Waals surface area contributed by atoms with Crippen molar-refractivity contribution in [2.75, 3.05) is 6.61 Å². The molecule has 1 atom stereocenters. The summed E-state index contributed by atoms with van der Waals surface area (Å²) in [5.74, 6) is -0.787. The molecule has 0 aromatic heterocycles. The Hall–Kier alpha value is -2.29. The predicted octanol–water partition coefficient (Wildman–Crippen LogP) is 3.55. The van der Waals surface area contributed by atoms with Gasteiger partial charge in [-0.1, -0.05) is 42.5 Å². The molecule has 0 saturated heterocycles. The molecular weight excluding hydrogens is 252 g/mol. The molecule has 2 aromatic rings. The predicted molar refractivity (Wildman–Crippen MR) is 78.2 cm³/mol. The van der Waals surface area contributed by atoms with Crippen molar-refractivity contribution in [3.8, 4) is 5.75 Å². The van der Waals surface area contributed by atoms with Crippen LogP contribution in [0.1, 0.15) is 22.6 Å².